The quantitative estimate of drug-likeness (QED) is 0.410. The topological polar surface area (TPSA) is 77.8 Å². The molecule has 0 saturated heterocycles. The number of carbonyl (C=O) groups excluding carboxylic acids is 1. The molecule has 0 radical (unpaired) electrons. The Morgan fingerprint density at radius 3 is 2.58 bits per heavy atom. The zero-order valence-corrected chi connectivity index (χ0v) is 16.0. The largest absolute Gasteiger partial charge is 0.396 e. The van der Waals surface area contributed by atoms with E-state index in [4.69, 9.17) is 5.11 Å². The van der Waals surface area contributed by atoms with Gasteiger partial charge >= 0.3 is 0 Å². The van der Waals surface area contributed by atoms with Crippen LogP contribution in [0.1, 0.15) is 77.0 Å². The Bertz CT molecular complexity index is 502. The number of fused-ring (bicyclic) bond motifs is 2. The van der Waals surface area contributed by atoms with Crippen molar-refractivity contribution in [3.05, 3.63) is 12.2 Å². The molecular weight excluding hydrogens is 328 g/mol. The number of Topliss-reactive ketones (excluding diaryl/α,β-unsaturated/α-hetero) is 1. The zero-order chi connectivity index (χ0) is 18.6. The summed E-state index contributed by atoms with van der Waals surface area (Å²) in [6.07, 6.45) is 14.9. The molecule has 0 aromatic carbocycles. The Hall–Kier alpha value is -0.710. The van der Waals surface area contributed by atoms with Crippen LogP contribution >= 0.6 is 0 Å². The van der Waals surface area contributed by atoms with E-state index in [1.54, 1.807) is 0 Å². The lowest BCUT2D eigenvalue weighted by Gasteiger charge is -2.31. The number of carbonyl (C=O) groups is 1. The van der Waals surface area contributed by atoms with Crippen LogP contribution in [-0.2, 0) is 4.79 Å². The fourth-order valence-corrected chi connectivity index (χ4v) is 5.69. The van der Waals surface area contributed by atoms with E-state index >= 15 is 0 Å². The van der Waals surface area contributed by atoms with Gasteiger partial charge in [0.25, 0.3) is 0 Å². The van der Waals surface area contributed by atoms with Crippen LogP contribution in [0.3, 0.4) is 0 Å². The third-order valence-electron chi connectivity index (χ3n) is 7.18. The molecular formula is C22H36O4. The molecule has 4 heteroatoms. The van der Waals surface area contributed by atoms with Crippen LogP contribution in [0.25, 0.3) is 0 Å². The first-order chi connectivity index (χ1) is 12.5. The van der Waals surface area contributed by atoms with Crippen molar-refractivity contribution >= 4 is 5.78 Å². The number of rotatable bonds is 10. The maximum atomic E-state index is 12.3. The van der Waals surface area contributed by atoms with Gasteiger partial charge in [0.1, 0.15) is 5.78 Å². The Kier molecular flexibility index (Phi) is 6.92. The average Bonchev–Trinajstić information content (AvgIpc) is 3.26. The number of aliphatic hydroxyl groups excluding tert-OH is 2. The summed E-state index contributed by atoms with van der Waals surface area (Å²) in [6.45, 7) is 0.258. The monoisotopic (exact) mass is 364 g/mol. The molecule has 148 valence electrons. The molecule has 0 heterocycles. The van der Waals surface area contributed by atoms with Gasteiger partial charge in [-0.25, -0.2) is 0 Å². The second-order valence-corrected chi connectivity index (χ2v) is 9.02. The van der Waals surface area contributed by atoms with E-state index in [1.807, 2.05) is 12.2 Å². The summed E-state index contributed by atoms with van der Waals surface area (Å²) in [5.74, 6) is 1.20. The number of ketones is 1. The highest BCUT2D eigenvalue weighted by molar-refractivity contribution is 5.84. The Morgan fingerprint density at radius 1 is 1.12 bits per heavy atom. The predicted octanol–water partition coefficient (Wildman–Crippen LogP) is 3.38. The van der Waals surface area contributed by atoms with Crippen LogP contribution in [0, 0.1) is 23.7 Å². The average molecular weight is 365 g/mol. The highest BCUT2D eigenvalue weighted by Gasteiger charge is 2.49. The number of aliphatic hydroxyl groups is 3. The molecule has 0 amide bonds. The highest BCUT2D eigenvalue weighted by Crippen LogP contribution is 2.52. The van der Waals surface area contributed by atoms with Crippen molar-refractivity contribution in [2.24, 2.45) is 23.7 Å². The van der Waals surface area contributed by atoms with Crippen molar-refractivity contribution in [3.63, 3.8) is 0 Å². The van der Waals surface area contributed by atoms with Gasteiger partial charge in [-0.2, -0.15) is 0 Å². The van der Waals surface area contributed by atoms with Gasteiger partial charge in [-0.05, 0) is 56.8 Å². The molecule has 3 unspecified atom stereocenters. The maximum Gasteiger partial charge on any atom is 0.139 e. The van der Waals surface area contributed by atoms with Gasteiger partial charge in [-0.1, -0.05) is 37.8 Å². The molecule has 3 saturated carbocycles. The molecule has 0 aliphatic heterocycles. The van der Waals surface area contributed by atoms with E-state index in [0.717, 1.165) is 51.4 Å². The molecule has 0 aromatic heterocycles. The van der Waals surface area contributed by atoms with Gasteiger partial charge in [0.15, 0.2) is 0 Å². The lowest BCUT2D eigenvalue weighted by Crippen LogP contribution is -2.34. The van der Waals surface area contributed by atoms with Crippen molar-refractivity contribution < 1.29 is 20.1 Å². The molecule has 2 bridgehead atoms. The normalized spacial score (nSPS) is 39.5. The number of unbranched alkanes of at least 4 members (excludes halogenated alkanes) is 4. The van der Waals surface area contributed by atoms with Gasteiger partial charge in [0.2, 0.25) is 0 Å². The molecule has 0 spiro atoms. The molecule has 26 heavy (non-hydrogen) atoms. The second kappa shape index (κ2) is 8.99. The summed E-state index contributed by atoms with van der Waals surface area (Å²) >= 11 is 0. The summed E-state index contributed by atoms with van der Waals surface area (Å²) in [4.78, 5) is 12.3. The van der Waals surface area contributed by atoms with Crippen molar-refractivity contribution in [1.29, 1.82) is 0 Å². The first-order valence-corrected chi connectivity index (χ1v) is 10.7. The first-order valence-electron chi connectivity index (χ1n) is 10.7. The summed E-state index contributed by atoms with van der Waals surface area (Å²) in [5.41, 5.74) is -0.546. The third kappa shape index (κ3) is 4.58. The van der Waals surface area contributed by atoms with Gasteiger partial charge in [0, 0.05) is 24.9 Å². The zero-order valence-electron chi connectivity index (χ0n) is 16.0. The van der Waals surface area contributed by atoms with Crippen LogP contribution in [0.4, 0.5) is 0 Å². The Labute approximate surface area is 157 Å². The summed E-state index contributed by atoms with van der Waals surface area (Å²) in [7, 11) is 0. The smallest absolute Gasteiger partial charge is 0.139 e. The molecule has 3 aliphatic carbocycles. The fraction of sp³-hybridized carbons (Fsp3) is 0.864. The van der Waals surface area contributed by atoms with Crippen LogP contribution < -0.4 is 0 Å². The standard InChI is InChI=1S/C22H36O4/c23-12-5-3-1-2-4-7-18-19(21(25)14-20(18)24)8-6-11-22(26)15-16-9-10-17(22)13-16/h6,8,16-19,21,23,25-26H,1-5,7,9-15H2/t16?,17?,18-,19-,21-,22?/m1/s1. The van der Waals surface area contributed by atoms with Crippen LogP contribution in [-0.4, -0.2) is 39.4 Å². The molecule has 0 aromatic rings. The first kappa shape index (κ1) is 20.0. The Morgan fingerprint density at radius 2 is 1.88 bits per heavy atom. The summed E-state index contributed by atoms with van der Waals surface area (Å²) < 4.78 is 0. The minimum atomic E-state index is -0.562. The van der Waals surface area contributed by atoms with Crippen molar-refractivity contribution in [1.82, 2.24) is 0 Å². The molecule has 4 nitrogen and oxygen atoms in total. The number of hydrogen-bond acceptors (Lipinski definition) is 4. The van der Waals surface area contributed by atoms with Gasteiger partial charge in [0.05, 0.1) is 11.7 Å². The van der Waals surface area contributed by atoms with E-state index in [-0.39, 0.29) is 30.6 Å². The third-order valence-corrected chi connectivity index (χ3v) is 7.18. The molecule has 3 fully saturated rings. The van der Waals surface area contributed by atoms with E-state index in [1.165, 1.54) is 12.8 Å². The van der Waals surface area contributed by atoms with Crippen molar-refractivity contribution in [2.45, 2.75) is 88.8 Å². The SMILES string of the molecule is O=C1C[C@@H](O)[C@H](C=CCC2(O)CC3CCC2C3)[C@H]1CCCCCCCO. The minimum absolute atomic E-state index is 0.0613. The van der Waals surface area contributed by atoms with E-state index in [2.05, 4.69) is 0 Å². The molecule has 3 rings (SSSR count). The van der Waals surface area contributed by atoms with Crippen LogP contribution in [0.5, 0.6) is 0 Å². The van der Waals surface area contributed by atoms with E-state index in [0.29, 0.717) is 18.3 Å². The predicted molar refractivity (Wildman–Crippen MR) is 102 cm³/mol. The van der Waals surface area contributed by atoms with Crippen molar-refractivity contribution in [3.8, 4) is 0 Å². The maximum absolute atomic E-state index is 12.3. The van der Waals surface area contributed by atoms with Crippen LogP contribution in [0.2, 0.25) is 0 Å². The van der Waals surface area contributed by atoms with Gasteiger partial charge in [-0.15, -0.1) is 0 Å². The summed E-state index contributed by atoms with van der Waals surface area (Å²) in [5, 5.41) is 30.0. The summed E-state index contributed by atoms with van der Waals surface area (Å²) in [6, 6.07) is 0. The molecule has 6 atom stereocenters. The second-order valence-electron chi connectivity index (χ2n) is 9.02. The van der Waals surface area contributed by atoms with Gasteiger partial charge in [-0.3, -0.25) is 4.79 Å². The van der Waals surface area contributed by atoms with E-state index < -0.39 is 11.7 Å². The lowest BCUT2D eigenvalue weighted by atomic mass is 9.81. The van der Waals surface area contributed by atoms with E-state index in [9.17, 15) is 15.0 Å². The van der Waals surface area contributed by atoms with Crippen molar-refractivity contribution in [2.75, 3.05) is 6.61 Å². The lowest BCUT2D eigenvalue weighted by molar-refractivity contribution is -0.121. The molecule has 3 N–H and O–H groups in total. The minimum Gasteiger partial charge on any atom is -0.396 e. The molecule has 3 aliphatic rings. The van der Waals surface area contributed by atoms with Crippen LogP contribution in [0.15, 0.2) is 12.2 Å². The number of hydrogen-bond donors (Lipinski definition) is 3. The Balaban J connectivity index is 1.47. The highest BCUT2D eigenvalue weighted by atomic mass is 16.3. The fourth-order valence-electron chi connectivity index (χ4n) is 5.69. The van der Waals surface area contributed by atoms with Gasteiger partial charge < -0.3 is 15.3 Å².